The van der Waals surface area contributed by atoms with Gasteiger partial charge in [-0.05, 0) is 56.5 Å². The van der Waals surface area contributed by atoms with Crippen LogP contribution in [-0.2, 0) is 4.79 Å². The number of carbonyl (C=O) groups is 1. The Morgan fingerprint density at radius 2 is 1.96 bits per heavy atom. The highest BCUT2D eigenvalue weighted by Gasteiger charge is 2.35. The Hall–Kier alpha value is -2.33. The number of ether oxygens (including phenoxy) is 1. The van der Waals surface area contributed by atoms with E-state index in [2.05, 4.69) is 42.2 Å². The summed E-state index contributed by atoms with van der Waals surface area (Å²) in [5.41, 5.74) is 3.43. The van der Waals surface area contributed by atoms with Gasteiger partial charge in [0.1, 0.15) is 11.8 Å². The molecule has 4 nitrogen and oxygen atoms in total. The Morgan fingerprint density at radius 1 is 1.19 bits per heavy atom. The molecular formula is C22H27NO3. The number of rotatable bonds is 6. The zero-order chi connectivity index (χ0) is 18.5. The molecule has 2 atom stereocenters. The average Bonchev–Trinajstić information content (AvgIpc) is 2.64. The molecule has 0 saturated carbocycles. The number of carboxylic acids is 1. The molecule has 1 fully saturated rings. The van der Waals surface area contributed by atoms with E-state index in [0.29, 0.717) is 13.0 Å². The molecular weight excluding hydrogens is 326 g/mol. The van der Waals surface area contributed by atoms with Crippen molar-refractivity contribution in [2.24, 2.45) is 0 Å². The molecule has 1 aliphatic rings. The Bertz CT molecular complexity index is 741. The van der Waals surface area contributed by atoms with Gasteiger partial charge in [0.15, 0.2) is 0 Å². The van der Waals surface area contributed by atoms with Gasteiger partial charge < -0.3 is 9.84 Å². The molecule has 26 heavy (non-hydrogen) atoms. The van der Waals surface area contributed by atoms with Crippen LogP contribution in [-0.4, -0.2) is 35.2 Å². The third-order valence-corrected chi connectivity index (χ3v) is 5.03. The molecule has 2 aromatic rings. The number of hydrogen-bond acceptors (Lipinski definition) is 3. The maximum atomic E-state index is 11.9. The molecule has 1 aliphatic heterocycles. The summed E-state index contributed by atoms with van der Waals surface area (Å²) in [4.78, 5) is 14.0. The molecule has 0 bridgehead atoms. The maximum Gasteiger partial charge on any atom is 0.320 e. The number of aryl methyl sites for hydroxylation is 1. The fourth-order valence-electron chi connectivity index (χ4n) is 3.86. The van der Waals surface area contributed by atoms with Crippen molar-refractivity contribution in [3.63, 3.8) is 0 Å². The Balaban J connectivity index is 2.02. The van der Waals surface area contributed by atoms with E-state index in [1.54, 1.807) is 0 Å². The molecule has 0 aromatic heterocycles. The van der Waals surface area contributed by atoms with E-state index < -0.39 is 12.0 Å². The van der Waals surface area contributed by atoms with Crippen molar-refractivity contribution in [3.8, 4) is 5.75 Å². The number of aliphatic carboxylic acids is 1. The number of nitrogens with zero attached hydrogens (tertiary/aromatic N) is 1. The third-order valence-electron chi connectivity index (χ3n) is 5.03. The number of benzene rings is 2. The van der Waals surface area contributed by atoms with Crippen molar-refractivity contribution < 1.29 is 14.6 Å². The van der Waals surface area contributed by atoms with Gasteiger partial charge in [0, 0.05) is 0 Å². The van der Waals surface area contributed by atoms with Crippen molar-refractivity contribution in [2.45, 2.75) is 45.2 Å². The van der Waals surface area contributed by atoms with Gasteiger partial charge in [-0.15, -0.1) is 0 Å². The first-order valence-electron chi connectivity index (χ1n) is 9.38. The summed E-state index contributed by atoms with van der Waals surface area (Å²) in [7, 11) is 0. The van der Waals surface area contributed by atoms with Gasteiger partial charge in [-0.3, -0.25) is 9.69 Å². The highest BCUT2D eigenvalue weighted by molar-refractivity contribution is 5.73. The fraction of sp³-hybridized carbons (Fsp3) is 0.409. The molecule has 2 unspecified atom stereocenters. The molecule has 4 heteroatoms. The van der Waals surface area contributed by atoms with Crippen LogP contribution in [0.3, 0.4) is 0 Å². The minimum Gasteiger partial charge on any atom is -0.494 e. The van der Waals surface area contributed by atoms with Crippen molar-refractivity contribution in [1.82, 2.24) is 4.90 Å². The first-order chi connectivity index (χ1) is 12.6. The second-order valence-corrected chi connectivity index (χ2v) is 6.91. The lowest BCUT2D eigenvalue weighted by Gasteiger charge is -2.39. The predicted octanol–water partition coefficient (Wildman–Crippen LogP) is 4.42. The molecule has 138 valence electrons. The van der Waals surface area contributed by atoms with E-state index in [1.807, 2.05) is 25.1 Å². The highest BCUT2D eigenvalue weighted by atomic mass is 16.5. The summed E-state index contributed by atoms with van der Waals surface area (Å²) < 4.78 is 5.56. The lowest BCUT2D eigenvalue weighted by molar-refractivity contribution is -0.145. The molecule has 1 N–H and O–H groups in total. The zero-order valence-corrected chi connectivity index (χ0v) is 15.5. The van der Waals surface area contributed by atoms with Gasteiger partial charge in [-0.1, -0.05) is 48.4 Å². The van der Waals surface area contributed by atoms with E-state index >= 15 is 0 Å². The van der Waals surface area contributed by atoms with E-state index in [1.165, 1.54) is 5.56 Å². The summed E-state index contributed by atoms with van der Waals surface area (Å²) in [6, 6.07) is 15.9. The standard InChI is InChI=1S/C22H27NO3/c1-3-26-19-12-10-17(11-13-19)21(18-8-6-7-16(2)15-18)23-14-5-4-9-20(23)22(24)25/h6-8,10-13,15,20-21H,3-5,9,14H2,1-2H3,(H,24,25). The maximum absolute atomic E-state index is 11.9. The molecule has 2 aromatic carbocycles. The molecule has 1 heterocycles. The molecule has 0 aliphatic carbocycles. The van der Waals surface area contributed by atoms with E-state index in [9.17, 15) is 9.90 Å². The molecule has 0 radical (unpaired) electrons. The van der Waals surface area contributed by atoms with Crippen molar-refractivity contribution in [1.29, 1.82) is 0 Å². The smallest absolute Gasteiger partial charge is 0.320 e. The lowest BCUT2D eigenvalue weighted by Crippen LogP contribution is -2.46. The minimum atomic E-state index is -0.728. The van der Waals surface area contributed by atoms with Crippen LogP contribution in [0.4, 0.5) is 0 Å². The SMILES string of the molecule is CCOc1ccc(C(c2cccc(C)c2)N2CCCCC2C(=O)O)cc1. The first-order valence-corrected chi connectivity index (χ1v) is 9.38. The van der Waals surface area contributed by atoms with Crippen LogP contribution in [0.1, 0.15) is 48.9 Å². The van der Waals surface area contributed by atoms with Crippen LogP contribution < -0.4 is 4.74 Å². The molecule has 0 amide bonds. The highest BCUT2D eigenvalue weighted by Crippen LogP contribution is 2.35. The van der Waals surface area contributed by atoms with Gasteiger partial charge in [-0.2, -0.15) is 0 Å². The van der Waals surface area contributed by atoms with Gasteiger partial charge >= 0.3 is 5.97 Å². The summed E-state index contributed by atoms with van der Waals surface area (Å²) in [6.45, 7) is 5.47. The van der Waals surface area contributed by atoms with Crippen LogP contribution in [0.25, 0.3) is 0 Å². The number of carboxylic acid groups (broad SMARTS) is 1. The quantitative estimate of drug-likeness (QED) is 0.835. The lowest BCUT2D eigenvalue weighted by atomic mass is 9.91. The van der Waals surface area contributed by atoms with Gasteiger partial charge in [-0.25, -0.2) is 0 Å². The summed E-state index contributed by atoms with van der Waals surface area (Å²) >= 11 is 0. The van der Waals surface area contributed by atoms with Crippen molar-refractivity contribution in [3.05, 3.63) is 65.2 Å². The topological polar surface area (TPSA) is 49.8 Å². The van der Waals surface area contributed by atoms with Gasteiger partial charge in [0.25, 0.3) is 0 Å². The number of piperidine rings is 1. The average molecular weight is 353 g/mol. The van der Waals surface area contributed by atoms with Crippen molar-refractivity contribution >= 4 is 5.97 Å². The Labute approximate surface area is 155 Å². The molecule has 0 spiro atoms. The van der Waals surface area contributed by atoms with Crippen LogP contribution in [0, 0.1) is 6.92 Å². The summed E-state index contributed by atoms with van der Waals surface area (Å²) in [6.07, 6.45) is 2.70. The second-order valence-electron chi connectivity index (χ2n) is 6.91. The van der Waals surface area contributed by atoms with Crippen molar-refractivity contribution in [2.75, 3.05) is 13.2 Å². The van der Waals surface area contributed by atoms with Crippen LogP contribution >= 0.6 is 0 Å². The van der Waals surface area contributed by atoms with E-state index in [4.69, 9.17) is 4.74 Å². The fourth-order valence-corrected chi connectivity index (χ4v) is 3.86. The Morgan fingerprint density at radius 3 is 2.62 bits per heavy atom. The Kier molecular flexibility index (Phi) is 5.94. The third kappa shape index (κ3) is 4.07. The van der Waals surface area contributed by atoms with Crippen LogP contribution in [0.2, 0.25) is 0 Å². The zero-order valence-electron chi connectivity index (χ0n) is 15.5. The second kappa shape index (κ2) is 8.37. The van der Waals surface area contributed by atoms with E-state index in [-0.39, 0.29) is 6.04 Å². The number of likely N-dealkylation sites (tertiary alicyclic amines) is 1. The molecule has 3 rings (SSSR count). The summed E-state index contributed by atoms with van der Waals surface area (Å²) in [5.74, 6) is 0.112. The number of hydrogen-bond donors (Lipinski definition) is 1. The van der Waals surface area contributed by atoms with Crippen LogP contribution in [0.5, 0.6) is 5.75 Å². The molecule has 1 saturated heterocycles. The van der Waals surface area contributed by atoms with Crippen LogP contribution in [0.15, 0.2) is 48.5 Å². The van der Waals surface area contributed by atoms with Gasteiger partial charge in [0.05, 0.1) is 12.6 Å². The van der Waals surface area contributed by atoms with E-state index in [0.717, 1.165) is 36.3 Å². The first kappa shape index (κ1) is 18.5. The monoisotopic (exact) mass is 353 g/mol. The predicted molar refractivity (Wildman–Crippen MR) is 103 cm³/mol. The van der Waals surface area contributed by atoms with Gasteiger partial charge in [0.2, 0.25) is 0 Å². The normalized spacial score (nSPS) is 19.1. The summed E-state index contributed by atoms with van der Waals surface area (Å²) in [5, 5.41) is 9.76. The largest absolute Gasteiger partial charge is 0.494 e. The minimum absolute atomic E-state index is 0.0630.